The van der Waals surface area contributed by atoms with Gasteiger partial charge in [0.25, 0.3) is 0 Å². The van der Waals surface area contributed by atoms with Gasteiger partial charge in [0.1, 0.15) is 28.7 Å². The molecule has 1 saturated heterocycles. The second-order valence-electron chi connectivity index (χ2n) is 8.26. The molecule has 3 aromatic rings. The third-order valence-electron chi connectivity index (χ3n) is 6.19. The van der Waals surface area contributed by atoms with Gasteiger partial charge >= 0.3 is 0 Å². The highest BCUT2D eigenvalue weighted by Gasteiger charge is 2.43. The van der Waals surface area contributed by atoms with E-state index in [1.165, 1.54) is 0 Å². The van der Waals surface area contributed by atoms with Crippen LogP contribution >= 0.6 is 0 Å². The maximum absolute atomic E-state index is 12.9. The molecule has 0 N–H and O–H groups in total. The topological polar surface area (TPSA) is 64.5 Å². The summed E-state index contributed by atoms with van der Waals surface area (Å²) in [5.74, 6) is 3.14. The molecule has 6 nitrogen and oxygen atoms in total. The van der Waals surface area contributed by atoms with Crippen molar-refractivity contribution in [2.45, 2.75) is 31.8 Å². The van der Waals surface area contributed by atoms with E-state index in [1.807, 2.05) is 37.3 Å². The maximum Gasteiger partial charge on any atom is 0.170 e. The fourth-order valence-electron chi connectivity index (χ4n) is 4.49. The van der Waals surface area contributed by atoms with Gasteiger partial charge in [0, 0.05) is 37.6 Å². The molecule has 1 aromatic heterocycles. The number of benzene rings is 2. The number of hydrogen-bond acceptors (Lipinski definition) is 6. The number of rotatable bonds is 3. The first-order valence-corrected chi connectivity index (χ1v) is 10.6. The summed E-state index contributed by atoms with van der Waals surface area (Å²) in [4.78, 5) is 24.4. The van der Waals surface area contributed by atoms with Crippen molar-refractivity contribution in [3.8, 4) is 22.8 Å². The van der Waals surface area contributed by atoms with Crippen molar-refractivity contribution < 1.29 is 14.3 Å². The second kappa shape index (κ2) is 7.69. The van der Waals surface area contributed by atoms with Crippen LogP contribution in [-0.4, -0.2) is 41.6 Å². The zero-order chi connectivity index (χ0) is 21.4. The number of Topliss-reactive ketones (excluding diaryl/α,β-unsaturated/α-hetero) is 1. The summed E-state index contributed by atoms with van der Waals surface area (Å²) in [6, 6.07) is 17.7. The molecule has 2 aliphatic heterocycles. The summed E-state index contributed by atoms with van der Waals surface area (Å²) in [7, 11) is 1.60. The lowest BCUT2D eigenvalue weighted by molar-refractivity contribution is 0.0230. The summed E-state index contributed by atoms with van der Waals surface area (Å²) >= 11 is 0. The lowest BCUT2D eigenvalue weighted by Crippen LogP contribution is -2.51. The average molecular weight is 415 g/mol. The van der Waals surface area contributed by atoms with Gasteiger partial charge in [-0.25, -0.2) is 9.97 Å². The van der Waals surface area contributed by atoms with Gasteiger partial charge in [-0.05, 0) is 25.1 Å². The number of ether oxygens (including phenoxy) is 2. The van der Waals surface area contributed by atoms with Crippen LogP contribution in [0, 0.1) is 6.92 Å². The number of nitrogens with zero attached hydrogens (tertiary/aromatic N) is 3. The first-order valence-electron chi connectivity index (χ1n) is 10.6. The zero-order valence-electron chi connectivity index (χ0n) is 17.8. The molecule has 31 heavy (non-hydrogen) atoms. The van der Waals surface area contributed by atoms with Gasteiger partial charge < -0.3 is 14.4 Å². The minimum atomic E-state index is -0.445. The van der Waals surface area contributed by atoms with Crippen molar-refractivity contribution in [1.82, 2.24) is 9.97 Å². The van der Waals surface area contributed by atoms with Crippen LogP contribution in [0.25, 0.3) is 11.3 Å². The van der Waals surface area contributed by atoms with Crippen molar-refractivity contribution >= 4 is 11.6 Å². The monoisotopic (exact) mass is 415 g/mol. The van der Waals surface area contributed by atoms with Crippen molar-refractivity contribution in [2.75, 3.05) is 25.1 Å². The van der Waals surface area contributed by atoms with Crippen molar-refractivity contribution in [3.05, 3.63) is 66.0 Å². The van der Waals surface area contributed by atoms with Gasteiger partial charge in [0.15, 0.2) is 5.78 Å². The van der Waals surface area contributed by atoms with Crippen molar-refractivity contribution in [2.24, 2.45) is 0 Å². The molecule has 0 radical (unpaired) electrons. The first kappa shape index (κ1) is 19.5. The van der Waals surface area contributed by atoms with Gasteiger partial charge in [-0.1, -0.05) is 30.3 Å². The Labute approximate surface area is 181 Å². The molecule has 158 valence electrons. The van der Waals surface area contributed by atoms with Crippen molar-refractivity contribution in [3.63, 3.8) is 0 Å². The highest BCUT2D eigenvalue weighted by atomic mass is 16.5. The fraction of sp³-hybridized carbons (Fsp3) is 0.320. The standard InChI is InChI=1S/C25H25N3O3/c1-17-26-21(18-6-4-3-5-7-18)15-24(27-17)28-12-10-25(11-13-28)16-22(29)20-14-19(30-2)8-9-23(20)31-25/h3-9,14-15H,10-13,16H2,1-2H3. The van der Waals surface area contributed by atoms with Crippen LogP contribution in [0.5, 0.6) is 11.5 Å². The molecular weight excluding hydrogens is 390 g/mol. The number of carbonyl (C=O) groups excluding carboxylic acids is 1. The highest BCUT2D eigenvalue weighted by Crippen LogP contribution is 2.41. The SMILES string of the molecule is COc1ccc2c(c1)C(=O)CC1(CCN(c3cc(-c4ccccc4)nc(C)n3)CC1)O2. The van der Waals surface area contributed by atoms with Gasteiger partial charge in [-0.15, -0.1) is 0 Å². The molecular formula is C25H25N3O3. The maximum atomic E-state index is 12.9. The number of fused-ring (bicyclic) bond motifs is 1. The van der Waals surface area contributed by atoms with E-state index in [1.54, 1.807) is 13.2 Å². The molecule has 0 amide bonds. The molecule has 1 spiro atoms. The Morgan fingerprint density at radius 2 is 1.81 bits per heavy atom. The quantitative estimate of drug-likeness (QED) is 0.629. The lowest BCUT2D eigenvalue weighted by atomic mass is 9.82. The Balaban J connectivity index is 1.35. The van der Waals surface area contributed by atoms with Crippen LogP contribution < -0.4 is 14.4 Å². The summed E-state index contributed by atoms with van der Waals surface area (Å²) in [6.45, 7) is 3.49. The molecule has 3 heterocycles. The normalized spacial score (nSPS) is 17.2. The van der Waals surface area contributed by atoms with Crippen LogP contribution in [0.15, 0.2) is 54.6 Å². The predicted molar refractivity (Wildman–Crippen MR) is 119 cm³/mol. The number of methoxy groups -OCH3 is 1. The number of hydrogen-bond donors (Lipinski definition) is 0. The number of anilines is 1. The van der Waals surface area contributed by atoms with E-state index in [2.05, 4.69) is 33.1 Å². The summed E-state index contributed by atoms with van der Waals surface area (Å²) in [6.07, 6.45) is 1.95. The van der Waals surface area contributed by atoms with E-state index in [4.69, 9.17) is 9.47 Å². The Morgan fingerprint density at radius 1 is 1.03 bits per heavy atom. The molecule has 0 bridgehead atoms. The van der Waals surface area contributed by atoms with E-state index >= 15 is 0 Å². The minimum absolute atomic E-state index is 0.123. The lowest BCUT2D eigenvalue weighted by Gasteiger charge is -2.44. The number of aromatic nitrogens is 2. The molecule has 6 heteroatoms. The van der Waals surface area contributed by atoms with E-state index in [0.29, 0.717) is 23.5 Å². The average Bonchev–Trinajstić information content (AvgIpc) is 2.79. The Morgan fingerprint density at radius 3 is 2.55 bits per heavy atom. The van der Waals surface area contributed by atoms with Gasteiger partial charge in [0.2, 0.25) is 0 Å². The molecule has 2 aliphatic rings. The number of aryl methyl sites for hydroxylation is 1. The summed E-state index contributed by atoms with van der Waals surface area (Å²) < 4.78 is 11.6. The Kier molecular flexibility index (Phi) is 4.85. The zero-order valence-corrected chi connectivity index (χ0v) is 17.8. The molecule has 0 atom stereocenters. The summed E-state index contributed by atoms with van der Waals surface area (Å²) in [5.41, 5.74) is 2.18. The summed E-state index contributed by atoms with van der Waals surface area (Å²) in [5, 5.41) is 0. The molecule has 0 aliphatic carbocycles. The molecule has 5 rings (SSSR count). The molecule has 0 unspecified atom stereocenters. The fourth-order valence-corrected chi connectivity index (χ4v) is 4.49. The third kappa shape index (κ3) is 3.74. The minimum Gasteiger partial charge on any atom is -0.497 e. The van der Waals surface area contributed by atoms with Crippen LogP contribution in [0.3, 0.4) is 0 Å². The molecule has 0 saturated carbocycles. The molecule has 1 fully saturated rings. The van der Waals surface area contributed by atoms with Crippen molar-refractivity contribution in [1.29, 1.82) is 0 Å². The van der Waals surface area contributed by atoms with Crippen LogP contribution in [0.1, 0.15) is 35.4 Å². The number of carbonyl (C=O) groups is 1. The van der Waals surface area contributed by atoms with Crippen LogP contribution in [-0.2, 0) is 0 Å². The number of piperidine rings is 1. The van der Waals surface area contributed by atoms with E-state index < -0.39 is 5.60 Å². The highest BCUT2D eigenvalue weighted by molar-refractivity contribution is 6.00. The van der Waals surface area contributed by atoms with Gasteiger partial charge in [-0.2, -0.15) is 0 Å². The van der Waals surface area contributed by atoms with E-state index in [0.717, 1.165) is 48.8 Å². The first-order chi connectivity index (χ1) is 15.0. The Hall–Kier alpha value is -3.41. The second-order valence-corrected chi connectivity index (χ2v) is 8.26. The van der Waals surface area contributed by atoms with Crippen LogP contribution in [0.2, 0.25) is 0 Å². The van der Waals surface area contributed by atoms with E-state index in [9.17, 15) is 4.79 Å². The smallest absolute Gasteiger partial charge is 0.170 e. The number of ketones is 1. The van der Waals surface area contributed by atoms with Gasteiger partial charge in [-0.3, -0.25) is 4.79 Å². The van der Waals surface area contributed by atoms with Gasteiger partial charge in [0.05, 0.1) is 24.8 Å². The predicted octanol–water partition coefficient (Wildman–Crippen LogP) is 4.47. The largest absolute Gasteiger partial charge is 0.497 e. The third-order valence-corrected chi connectivity index (χ3v) is 6.19. The van der Waals surface area contributed by atoms with E-state index in [-0.39, 0.29) is 5.78 Å². The Bertz CT molecular complexity index is 1120. The molecule has 2 aromatic carbocycles. The van der Waals surface area contributed by atoms with Crippen LogP contribution in [0.4, 0.5) is 5.82 Å².